The summed E-state index contributed by atoms with van der Waals surface area (Å²) in [5.74, 6) is -1.20. The van der Waals surface area contributed by atoms with Gasteiger partial charge in [0.05, 0.1) is 0 Å². The number of aliphatic carboxylic acids is 1. The van der Waals surface area contributed by atoms with Crippen LogP contribution in [0.25, 0.3) is 0 Å². The molecule has 0 saturated heterocycles. The largest absolute Gasteiger partial charge is 0.480 e. The van der Waals surface area contributed by atoms with Crippen LogP contribution in [0, 0.1) is 5.82 Å². The molecule has 1 rings (SSSR count). The summed E-state index contributed by atoms with van der Waals surface area (Å²) < 4.78 is 12.8. The van der Waals surface area contributed by atoms with Crippen LogP contribution in [0.5, 0.6) is 0 Å². The molecule has 76 valence electrons. The van der Waals surface area contributed by atoms with E-state index in [1.54, 1.807) is 19.1 Å². The molecule has 0 spiro atoms. The highest BCUT2D eigenvalue weighted by Gasteiger charge is 2.16. The van der Waals surface area contributed by atoms with Crippen molar-refractivity contribution in [3.8, 4) is 0 Å². The minimum Gasteiger partial charge on any atom is -0.480 e. The molecule has 0 aliphatic carbocycles. The lowest BCUT2D eigenvalue weighted by Crippen LogP contribution is -2.14. The second-order valence-electron chi connectivity index (χ2n) is 2.81. The lowest BCUT2D eigenvalue weighted by atomic mass is 10.3. The predicted octanol–water partition coefficient (Wildman–Crippen LogP) is 2.78. The summed E-state index contributed by atoms with van der Waals surface area (Å²) in [6, 6.07) is 5.97. The van der Waals surface area contributed by atoms with E-state index in [1.165, 1.54) is 23.9 Å². The van der Waals surface area contributed by atoms with Crippen molar-refractivity contribution in [3.05, 3.63) is 30.1 Å². The molecule has 0 bridgehead atoms. The van der Waals surface area contributed by atoms with Crippen LogP contribution in [-0.2, 0) is 4.79 Å². The van der Waals surface area contributed by atoms with Gasteiger partial charge >= 0.3 is 5.97 Å². The van der Waals surface area contributed by atoms with Crippen molar-refractivity contribution in [2.24, 2.45) is 0 Å². The third-order valence-electron chi connectivity index (χ3n) is 1.72. The summed E-state index contributed by atoms with van der Waals surface area (Å²) in [5, 5.41) is 8.29. The standard InChI is InChI=1S/C10H11FO2S/c1-2-9(10(12)13)14-8-5-3-4-7(11)6-8/h3-6,9H,2H2,1H3,(H,12,13). The van der Waals surface area contributed by atoms with Crippen molar-refractivity contribution in [3.63, 3.8) is 0 Å². The van der Waals surface area contributed by atoms with E-state index in [1.807, 2.05) is 0 Å². The fourth-order valence-corrected chi connectivity index (χ4v) is 1.95. The minimum atomic E-state index is -0.859. The second-order valence-corrected chi connectivity index (χ2v) is 4.09. The van der Waals surface area contributed by atoms with E-state index >= 15 is 0 Å². The number of benzene rings is 1. The molecule has 0 aliphatic heterocycles. The van der Waals surface area contributed by atoms with Crippen LogP contribution in [0.4, 0.5) is 4.39 Å². The molecule has 0 fully saturated rings. The van der Waals surface area contributed by atoms with Gasteiger partial charge in [-0.15, -0.1) is 11.8 Å². The summed E-state index contributed by atoms with van der Waals surface area (Å²) in [6.45, 7) is 1.80. The van der Waals surface area contributed by atoms with Gasteiger partial charge in [0.15, 0.2) is 0 Å². The highest BCUT2D eigenvalue weighted by atomic mass is 32.2. The molecule has 1 unspecified atom stereocenters. The van der Waals surface area contributed by atoms with E-state index in [-0.39, 0.29) is 5.82 Å². The maximum atomic E-state index is 12.8. The smallest absolute Gasteiger partial charge is 0.316 e. The van der Waals surface area contributed by atoms with Crippen LogP contribution in [0.1, 0.15) is 13.3 Å². The molecule has 0 aliphatic rings. The first-order valence-corrected chi connectivity index (χ1v) is 5.16. The Labute approximate surface area is 86.1 Å². The number of carboxylic acids is 1. The van der Waals surface area contributed by atoms with Crippen LogP contribution in [-0.4, -0.2) is 16.3 Å². The maximum Gasteiger partial charge on any atom is 0.316 e. The quantitative estimate of drug-likeness (QED) is 0.783. The monoisotopic (exact) mass is 214 g/mol. The average molecular weight is 214 g/mol. The predicted molar refractivity (Wildman–Crippen MR) is 54.0 cm³/mol. The molecule has 4 heteroatoms. The first kappa shape index (κ1) is 11.0. The Kier molecular flexibility index (Phi) is 3.95. The highest BCUT2D eigenvalue weighted by molar-refractivity contribution is 8.00. The van der Waals surface area contributed by atoms with E-state index in [2.05, 4.69) is 0 Å². The number of carbonyl (C=O) groups is 1. The van der Waals surface area contributed by atoms with Crippen molar-refractivity contribution in [1.29, 1.82) is 0 Å². The van der Waals surface area contributed by atoms with Gasteiger partial charge < -0.3 is 5.11 Å². The zero-order chi connectivity index (χ0) is 10.6. The normalized spacial score (nSPS) is 12.4. The van der Waals surface area contributed by atoms with Gasteiger partial charge in [0.1, 0.15) is 11.1 Å². The fraction of sp³-hybridized carbons (Fsp3) is 0.300. The number of thioether (sulfide) groups is 1. The molecule has 1 N–H and O–H groups in total. The van der Waals surface area contributed by atoms with Gasteiger partial charge in [0.25, 0.3) is 0 Å². The summed E-state index contributed by atoms with van der Waals surface area (Å²) in [6.07, 6.45) is 0.524. The van der Waals surface area contributed by atoms with Crippen molar-refractivity contribution in [2.45, 2.75) is 23.5 Å². The number of carboxylic acid groups (broad SMARTS) is 1. The van der Waals surface area contributed by atoms with Gasteiger partial charge in [-0.25, -0.2) is 4.39 Å². The lowest BCUT2D eigenvalue weighted by Gasteiger charge is -2.08. The van der Waals surface area contributed by atoms with Crippen molar-refractivity contribution < 1.29 is 14.3 Å². The molecule has 14 heavy (non-hydrogen) atoms. The third kappa shape index (κ3) is 3.03. The van der Waals surface area contributed by atoms with Crippen LogP contribution in [0.2, 0.25) is 0 Å². The molecule has 2 nitrogen and oxygen atoms in total. The summed E-state index contributed by atoms with van der Waals surface area (Å²) in [5.41, 5.74) is 0. The number of hydrogen-bond donors (Lipinski definition) is 1. The van der Waals surface area contributed by atoms with Crippen molar-refractivity contribution in [2.75, 3.05) is 0 Å². The van der Waals surface area contributed by atoms with Crippen LogP contribution in [0.15, 0.2) is 29.2 Å². The first-order valence-electron chi connectivity index (χ1n) is 4.28. The fourth-order valence-electron chi connectivity index (χ4n) is 1.01. The van der Waals surface area contributed by atoms with E-state index < -0.39 is 11.2 Å². The zero-order valence-corrected chi connectivity index (χ0v) is 8.55. The van der Waals surface area contributed by atoms with Crippen LogP contribution >= 0.6 is 11.8 Å². The number of rotatable bonds is 4. The Bertz CT molecular complexity index is 328. The first-order chi connectivity index (χ1) is 6.63. The Hall–Kier alpha value is -1.03. The Morgan fingerprint density at radius 1 is 1.64 bits per heavy atom. The number of hydrogen-bond acceptors (Lipinski definition) is 2. The molecule has 1 aromatic carbocycles. The van der Waals surface area contributed by atoms with Crippen molar-refractivity contribution in [1.82, 2.24) is 0 Å². The SMILES string of the molecule is CCC(Sc1cccc(F)c1)C(=O)O. The third-order valence-corrected chi connectivity index (χ3v) is 3.07. The summed E-state index contributed by atoms with van der Waals surface area (Å²) in [4.78, 5) is 11.4. The van der Waals surface area contributed by atoms with Gasteiger partial charge in [0.2, 0.25) is 0 Å². The zero-order valence-electron chi connectivity index (χ0n) is 7.74. The molecule has 0 radical (unpaired) electrons. The molecular formula is C10H11FO2S. The van der Waals surface area contributed by atoms with E-state index in [9.17, 15) is 9.18 Å². The van der Waals surface area contributed by atoms with Crippen LogP contribution in [0.3, 0.4) is 0 Å². The Morgan fingerprint density at radius 2 is 2.36 bits per heavy atom. The van der Waals surface area contributed by atoms with E-state index in [4.69, 9.17) is 5.11 Å². The molecule has 0 aromatic heterocycles. The number of halogens is 1. The van der Waals surface area contributed by atoms with Crippen LogP contribution < -0.4 is 0 Å². The maximum absolute atomic E-state index is 12.8. The Morgan fingerprint density at radius 3 is 2.86 bits per heavy atom. The van der Waals surface area contributed by atoms with Crippen molar-refractivity contribution >= 4 is 17.7 Å². The topological polar surface area (TPSA) is 37.3 Å². The summed E-state index contributed by atoms with van der Waals surface area (Å²) in [7, 11) is 0. The highest BCUT2D eigenvalue weighted by Crippen LogP contribution is 2.25. The molecule has 0 heterocycles. The van der Waals surface area contributed by atoms with Gasteiger partial charge in [-0.2, -0.15) is 0 Å². The van der Waals surface area contributed by atoms with Gasteiger partial charge in [0, 0.05) is 4.90 Å². The molecular weight excluding hydrogens is 203 g/mol. The Balaban J connectivity index is 2.72. The van der Waals surface area contributed by atoms with Gasteiger partial charge in [-0.3, -0.25) is 4.79 Å². The van der Waals surface area contributed by atoms with Gasteiger partial charge in [-0.1, -0.05) is 13.0 Å². The van der Waals surface area contributed by atoms with E-state index in [0.717, 1.165) is 0 Å². The average Bonchev–Trinajstić information content (AvgIpc) is 2.14. The molecule has 1 atom stereocenters. The molecule has 1 aromatic rings. The molecule has 0 amide bonds. The second kappa shape index (κ2) is 5.00. The summed E-state index contributed by atoms with van der Waals surface area (Å²) >= 11 is 1.17. The molecule has 0 saturated carbocycles. The lowest BCUT2D eigenvalue weighted by molar-refractivity contribution is -0.136. The van der Waals surface area contributed by atoms with Gasteiger partial charge in [-0.05, 0) is 24.6 Å². The van der Waals surface area contributed by atoms with E-state index in [0.29, 0.717) is 11.3 Å². The minimum absolute atomic E-state index is 0.338.